The van der Waals surface area contributed by atoms with Crippen LogP contribution < -0.4 is 10.1 Å². The number of methoxy groups -OCH3 is 1. The average molecular weight is 324 g/mol. The Morgan fingerprint density at radius 2 is 1.81 bits per heavy atom. The molecule has 2 aromatic rings. The summed E-state index contributed by atoms with van der Waals surface area (Å²) in [6.45, 7) is 0. The molecule has 0 bridgehead atoms. The number of anilines is 1. The molecule has 1 amide bonds. The Labute approximate surface area is 133 Å². The summed E-state index contributed by atoms with van der Waals surface area (Å²) in [6.07, 6.45) is 0.801. The Bertz CT molecular complexity index is 624. The normalized spacial score (nSPS) is 10.2. The molecule has 0 aliphatic rings. The van der Waals surface area contributed by atoms with Crippen LogP contribution in [0.25, 0.3) is 0 Å². The molecule has 3 nitrogen and oxygen atoms in total. The number of benzene rings is 2. The number of rotatable bonds is 5. The molecule has 0 aliphatic heterocycles. The van der Waals surface area contributed by atoms with Gasteiger partial charge in [-0.15, -0.1) is 0 Å². The molecule has 2 rings (SSSR count). The minimum Gasteiger partial charge on any atom is -0.497 e. The summed E-state index contributed by atoms with van der Waals surface area (Å²) in [5.74, 6) is 0.598. The van der Waals surface area contributed by atoms with Crippen molar-refractivity contribution >= 4 is 34.8 Å². The highest BCUT2D eigenvalue weighted by Gasteiger charge is 2.09. The second-order valence-electron chi connectivity index (χ2n) is 4.48. The van der Waals surface area contributed by atoms with Gasteiger partial charge in [-0.1, -0.05) is 35.3 Å². The highest BCUT2D eigenvalue weighted by atomic mass is 35.5. The molecule has 0 saturated carbocycles. The van der Waals surface area contributed by atoms with E-state index in [0.29, 0.717) is 34.3 Å². The van der Waals surface area contributed by atoms with Gasteiger partial charge < -0.3 is 10.1 Å². The van der Waals surface area contributed by atoms with Crippen LogP contribution in [-0.2, 0) is 11.2 Å². The third-order valence-corrected chi connectivity index (χ3v) is 3.73. The molecule has 0 radical (unpaired) electrons. The van der Waals surface area contributed by atoms with E-state index in [1.165, 1.54) is 0 Å². The minimum atomic E-state index is -0.0979. The summed E-state index contributed by atoms with van der Waals surface area (Å²) < 4.78 is 5.11. The van der Waals surface area contributed by atoms with Crippen LogP contribution in [-0.4, -0.2) is 13.0 Å². The van der Waals surface area contributed by atoms with Crippen molar-refractivity contribution < 1.29 is 9.53 Å². The molecule has 21 heavy (non-hydrogen) atoms. The number of carbonyl (C=O) groups excluding carboxylic acids is 1. The van der Waals surface area contributed by atoms with Gasteiger partial charge in [-0.05, 0) is 36.2 Å². The molecule has 0 aromatic heterocycles. The lowest BCUT2D eigenvalue weighted by atomic mass is 10.1. The first-order chi connectivity index (χ1) is 10.1. The molecule has 5 heteroatoms. The van der Waals surface area contributed by atoms with E-state index in [2.05, 4.69) is 5.32 Å². The quantitative estimate of drug-likeness (QED) is 0.875. The Balaban J connectivity index is 1.96. The topological polar surface area (TPSA) is 38.3 Å². The van der Waals surface area contributed by atoms with Crippen LogP contribution in [0.4, 0.5) is 5.69 Å². The van der Waals surface area contributed by atoms with Crippen molar-refractivity contribution in [2.24, 2.45) is 0 Å². The first-order valence-corrected chi connectivity index (χ1v) is 7.22. The second kappa shape index (κ2) is 7.34. The number of nitrogens with one attached hydrogen (secondary N) is 1. The highest BCUT2D eigenvalue weighted by Crippen LogP contribution is 2.25. The Hall–Kier alpha value is -1.71. The Morgan fingerprint density at radius 1 is 1.14 bits per heavy atom. The molecule has 0 saturated heterocycles. The molecular weight excluding hydrogens is 309 g/mol. The predicted molar refractivity (Wildman–Crippen MR) is 86.4 cm³/mol. The molecule has 0 spiro atoms. The first-order valence-electron chi connectivity index (χ1n) is 6.47. The molecule has 0 unspecified atom stereocenters. The zero-order valence-electron chi connectivity index (χ0n) is 11.5. The van der Waals surface area contributed by atoms with Crippen molar-refractivity contribution in [1.82, 2.24) is 0 Å². The predicted octanol–water partition coefficient (Wildman–Crippen LogP) is 4.57. The van der Waals surface area contributed by atoms with E-state index in [4.69, 9.17) is 27.9 Å². The van der Waals surface area contributed by atoms with E-state index < -0.39 is 0 Å². The molecule has 0 fully saturated rings. The molecular formula is C16H15Cl2NO2. The largest absolute Gasteiger partial charge is 0.497 e. The van der Waals surface area contributed by atoms with Gasteiger partial charge in [0, 0.05) is 28.2 Å². The van der Waals surface area contributed by atoms with Crippen LogP contribution >= 0.6 is 23.2 Å². The van der Waals surface area contributed by atoms with Gasteiger partial charge in [0.15, 0.2) is 0 Å². The standard InChI is InChI=1S/C16H15Cl2NO2/c1-21-12-5-2-4-11(10-12)19-16(20)9-8-13-14(17)6-3-7-15(13)18/h2-7,10H,8-9H2,1H3,(H,19,20). The highest BCUT2D eigenvalue weighted by molar-refractivity contribution is 6.36. The van der Waals surface area contributed by atoms with Crippen LogP contribution in [0.1, 0.15) is 12.0 Å². The average Bonchev–Trinajstić information content (AvgIpc) is 2.47. The summed E-state index contributed by atoms with van der Waals surface area (Å²) in [4.78, 5) is 12.0. The van der Waals surface area contributed by atoms with Crippen molar-refractivity contribution in [2.45, 2.75) is 12.8 Å². The first kappa shape index (κ1) is 15.7. The van der Waals surface area contributed by atoms with Crippen LogP contribution in [0.2, 0.25) is 10.0 Å². The third kappa shape index (κ3) is 4.38. The SMILES string of the molecule is COc1cccc(NC(=O)CCc2c(Cl)cccc2Cl)c1. The van der Waals surface area contributed by atoms with Crippen molar-refractivity contribution in [3.63, 3.8) is 0 Å². The van der Waals surface area contributed by atoms with E-state index in [9.17, 15) is 4.79 Å². The lowest BCUT2D eigenvalue weighted by Crippen LogP contribution is -2.12. The summed E-state index contributed by atoms with van der Waals surface area (Å²) >= 11 is 12.2. The molecule has 0 atom stereocenters. The summed E-state index contributed by atoms with van der Waals surface area (Å²) in [7, 11) is 1.58. The zero-order chi connectivity index (χ0) is 15.2. The number of carbonyl (C=O) groups is 1. The van der Waals surface area contributed by atoms with Crippen LogP contribution in [0.15, 0.2) is 42.5 Å². The van der Waals surface area contributed by atoms with Gasteiger partial charge in [-0.25, -0.2) is 0 Å². The van der Waals surface area contributed by atoms with Crippen LogP contribution in [0, 0.1) is 0 Å². The lowest BCUT2D eigenvalue weighted by Gasteiger charge is -2.08. The van der Waals surface area contributed by atoms with Crippen molar-refractivity contribution in [2.75, 3.05) is 12.4 Å². The van der Waals surface area contributed by atoms with Gasteiger partial charge in [-0.2, -0.15) is 0 Å². The smallest absolute Gasteiger partial charge is 0.224 e. The van der Waals surface area contributed by atoms with Crippen LogP contribution in [0.3, 0.4) is 0 Å². The Kier molecular flexibility index (Phi) is 5.48. The van der Waals surface area contributed by atoms with E-state index in [1.54, 1.807) is 31.4 Å². The van der Waals surface area contributed by atoms with E-state index in [-0.39, 0.29) is 5.91 Å². The maximum atomic E-state index is 12.0. The van der Waals surface area contributed by atoms with E-state index in [1.807, 2.05) is 18.2 Å². The number of hydrogen-bond acceptors (Lipinski definition) is 2. The lowest BCUT2D eigenvalue weighted by molar-refractivity contribution is -0.116. The molecule has 0 heterocycles. The molecule has 110 valence electrons. The summed E-state index contributed by atoms with van der Waals surface area (Å²) in [5, 5.41) is 3.98. The van der Waals surface area contributed by atoms with Gasteiger partial charge in [-0.3, -0.25) is 4.79 Å². The van der Waals surface area contributed by atoms with Gasteiger partial charge in [0.1, 0.15) is 5.75 Å². The molecule has 2 aromatic carbocycles. The zero-order valence-corrected chi connectivity index (χ0v) is 13.0. The van der Waals surface area contributed by atoms with E-state index >= 15 is 0 Å². The number of amides is 1. The summed E-state index contributed by atoms with van der Waals surface area (Å²) in [5.41, 5.74) is 1.49. The fourth-order valence-electron chi connectivity index (χ4n) is 1.93. The van der Waals surface area contributed by atoms with Gasteiger partial charge in [0.25, 0.3) is 0 Å². The third-order valence-electron chi connectivity index (χ3n) is 3.02. The van der Waals surface area contributed by atoms with Gasteiger partial charge in [0.05, 0.1) is 7.11 Å². The van der Waals surface area contributed by atoms with Gasteiger partial charge in [0.2, 0.25) is 5.91 Å². The number of hydrogen-bond donors (Lipinski definition) is 1. The number of halogens is 2. The molecule has 1 N–H and O–H groups in total. The van der Waals surface area contributed by atoms with E-state index in [0.717, 1.165) is 5.56 Å². The second-order valence-corrected chi connectivity index (χ2v) is 5.29. The fourth-order valence-corrected chi connectivity index (χ4v) is 2.52. The van der Waals surface area contributed by atoms with Gasteiger partial charge >= 0.3 is 0 Å². The molecule has 0 aliphatic carbocycles. The fraction of sp³-hybridized carbons (Fsp3) is 0.188. The maximum Gasteiger partial charge on any atom is 0.224 e. The number of ether oxygens (including phenoxy) is 1. The maximum absolute atomic E-state index is 12.0. The Morgan fingerprint density at radius 3 is 2.48 bits per heavy atom. The monoisotopic (exact) mass is 323 g/mol. The van der Waals surface area contributed by atoms with Crippen LogP contribution in [0.5, 0.6) is 5.75 Å². The van der Waals surface area contributed by atoms with Crippen molar-refractivity contribution in [3.05, 3.63) is 58.1 Å². The summed E-state index contributed by atoms with van der Waals surface area (Å²) in [6, 6.07) is 12.5. The van der Waals surface area contributed by atoms with Crippen molar-refractivity contribution in [1.29, 1.82) is 0 Å². The minimum absolute atomic E-state index is 0.0979. The van der Waals surface area contributed by atoms with Crippen molar-refractivity contribution in [3.8, 4) is 5.75 Å².